The average molecular weight is 415 g/mol. The van der Waals surface area contributed by atoms with Crippen LogP contribution in [-0.2, 0) is 0 Å². The van der Waals surface area contributed by atoms with Gasteiger partial charge in [0, 0.05) is 0 Å². The highest BCUT2D eigenvalue weighted by atomic mass is 15.4. The summed E-state index contributed by atoms with van der Waals surface area (Å²) in [5.41, 5.74) is 1.92. The molecule has 0 spiro atoms. The number of hydrogen-bond acceptors (Lipinski definition) is 4. The first kappa shape index (κ1) is 27.5. The molecular formula is C24H42N6. The molecule has 3 rings (SSSR count). The molecule has 0 atom stereocenters. The fraction of sp³-hybridized carbons (Fsp3) is 0.583. The van der Waals surface area contributed by atoms with Crippen molar-refractivity contribution in [3.05, 3.63) is 49.1 Å². The summed E-state index contributed by atoms with van der Waals surface area (Å²) in [7, 11) is 0. The zero-order valence-corrected chi connectivity index (χ0v) is 20.3. The minimum Gasteiger partial charge on any atom is -0.221 e. The predicted molar refractivity (Wildman–Crippen MR) is 127 cm³/mol. The van der Waals surface area contributed by atoms with Gasteiger partial charge in [-0.25, -0.2) is 9.36 Å². The van der Waals surface area contributed by atoms with Gasteiger partial charge in [0.25, 0.3) is 0 Å². The van der Waals surface area contributed by atoms with Gasteiger partial charge in [0.05, 0.1) is 36.2 Å². The topological polar surface area (TPSA) is 61.4 Å². The van der Waals surface area contributed by atoms with E-state index in [1.54, 1.807) is 34.2 Å². The van der Waals surface area contributed by atoms with Crippen molar-refractivity contribution in [3.8, 4) is 11.4 Å². The van der Waals surface area contributed by atoms with Gasteiger partial charge in [0.15, 0.2) is 0 Å². The summed E-state index contributed by atoms with van der Waals surface area (Å²) < 4.78 is 3.40. The molecule has 0 aliphatic rings. The maximum atomic E-state index is 3.91. The van der Waals surface area contributed by atoms with Gasteiger partial charge in [-0.3, -0.25) is 0 Å². The predicted octanol–water partition coefficient (Wildman–Crippen LogP) is 6.76. The van der Waals surface area contributed by atoms with Crippen molar-refractivity contribution in [2.75, 3.05) is 0 Å². The van der Waals surface area contributed by atoms with Gasteiger partial charge in [0.1, 0.15) is 0 Å². The van der Waals surface area contributed by atoms with Gasteiger partial charge in [0.2, 0.25) is 0 Å². The monoisotopic (exact) mass is 414 g/mol. The van der Waals surface area contributed by atoms with Crippen molar-refractivity contribution in [1.82, 2.24) is 30.0 Å². The first-order valence-corrected chi connectivity index (χ1v) is 11.3. The highest BCUT2D eigenvalue weighted by Crippen LogP contribution is 2.10. The first-order valence-electron chi connectivity index (χ1n) is 11.3. The van der Waals surface area contributed by atoms with E-state index in [-0.39, 0.29) is 0 Å². The lowest BCUT2D eigenvalue weighted by molar-refractivity contribution is 0.576. The molecule has 2 aromatic heterocycles. The van der Waals surface area contributed by atoms with E-state index in [2.05, 4.69) is 62.2 Å². The number of aromatic nitrogens is 6. The number of nitrogens with zero attached hydrogens (tertiary/aromatic N) is 6. The molecule has 0 N–H and O–H groups in total. The van der Waals surface area contributed by atoms with Crippen LogP contribution in [0.3, 0.4) is 0 Å². The number of benzene rings is 1. The normalized spacial score (nSPS) is 9.80. The third kappa shape index (κ3) is 12.1. The Labute approximate surface area is 183 Å². The zero-order chi connectivity index (χ0) is 22.8. The van der Waals surface area contributed by atoms with E-state index >= 15 is 0 Å². The van der Waals surface area contributed by atoms with Gasteiger partial charge in [-0.1, -0.05) is 91.5 Å². The minimum atomic E-state index is 0.898. The second-order valence-electron chi connectivity index (χ2n) is 7.58. The Bertz CT molecular complexity index is 638. The van der Waals surface area contributed by atoms with E-state index in [1.165, 1.54) is 25.7 Å². The highest BCUT2D eigenvalue weighted by Gasteiger charge is 1.99. The lowest BCUT2D eigenvalue weighted by Crippen LogP contribution is -1.98. The summed E-state index contributed by atoms with van der Waals surface area (Å²) in [5.74, 6) is 1.80. The van der Waals surface area contributed by atoms with Crippen LogP contribution >= 0.6 is 0 Å². The van der Waals surface area contributed by atoms with Crippen molar-refractivity contribution < 1.29 is 0 Å². The highest BCUT2D eigenvalue weighted by molar-refractivity contribution is 5.40. The molecule has 6 heteroatoms. The van der Waals surface area contributed by atoms with Crippen molar-refractivity contribution in [2.24, 2.45) is 11.8 Å². The molecule has 30 heavy (non-hydrogen) atoms. The van der Waals surface area contributed by atoms with Crippen molar-refractivity contribution in [3.63, 3.8) is 0 Å². The largest absolute Gasteiger partial charge is 0.221 e. The summed E-state index contributed by atoms with van der Waals surface area (Å²) in [4.78, 5) is 0. The second kappa shape index (κ2) is 17.4. The quantitative estimate of drug-likeness (QED) is 0.447. The zero-order valence-electron chi connectivity index (χ0n) is 20.3. The lowest BCUT2D eigenvalue weighted by atomic mass is 10.1. The van der Waals surface area contributed by atoms with E-state index < -0.39 is 0 Å². The molecular weight excluding hydrogens is 372 g/mol. The third-order valence-corrected chi connectivity index (χ3v) is 3.96. The third-order valence-electron chi connectivity index (χ3n) is 3.96. The smallest absolute Gasteiger partial charge is 0.0697 e. The van der Waals surface area contributed by atoms with Crippen LogP contribution in [-0.4, -0.2) is 30.0 Å². The van der Waals surface area contributed by atoms with E-state index in [0.29, 0.717) is 0 Å². The van der Waals surface area contributed by atoms with Crippen molar-refractivity contribution in [1.29, 1.82) is 0 Å². The molecule has 0 saturated heterocycles. The van der Waals surface area contributed by atoms with Crippen molar-refractivity contribution in [2.45, 2.75) is 81.1 Å². The summed E-state index contributed by atoms with van der Waals surface area (Å²) in [6.45, 7) is 17.5. The van der Waals surface area contributed by atoms with Gasteiger partial charge < -0.3 is 0 Å². The fourth-order valence-corrected chi connectivity index (χ4v) is 2.60. The molecule has 1 aromatic carbocycles. The minimum absolute atomic E-state index is 0.898. The van der Waals surface area contributed by atoms with E-state index in [1.807, 2.05) is 38.1 Å². The fourth-order valence-electron chi connectivity index (χ4n) is 2.60. The molecule has 0 fully saturated rings. The number of hydrogen-bond donors (Lipinski definition) is 0. The summed E-state index contributed by atoms with van der Waals surface area (Å²) >= 11 is 0. The molecule has 3 aromatic rings. The lowest BCUT2D eigenvalue weighted by Gasteiger charge is -2.02. The Morgan fingerprint density at radius 3 is 1.17 bits per heavy atom. The molecule has 2 heterocycles. The van der Waals surface area contributed by atoms with E-state index in [4.69, 9.17) is 0 Å². The average Bonchev–Trinajstić information content (AvgIpc) is 3.45. The van der Waals surface area contributed by atoms with Gasteiger partial charge in [-0.2, -0.15) is 0 Å². The van der Waals surface area contributed by atoms with Gasteiger partial charge in [-0.15, -0.1) is 10.2 Å². The first-order chi connectivity index (χ1) is 14.5. The van der Waals surface area contributed by atoms with Crippen molar-refractivity contribution >= 4 is 0 Å². The van der Waals surface area contributed by atoms with Crippen LogP contribution in [0.5, 0.6) is 0 Å². The van der Waals surface area contributed by atoms with Crippen LogP contribution in [0.2, 0.25) is 0 Å². The van der Waals surface area contributed by atoms with Crippen LogP contribution in [0.4, 0.5) is 0 Å². The Balaban J connectivity index is 0.000000504. The van der Waals surface area contributed by atoms with E-state index in [9.17, 15) is 0 Å². The molecule has 0 aliphatic carbocycles. The molecule has 0 aliphatic heterocycles. The summed E-state index contributed by atoms with van der Waals surface area (Å²) in [5, 5.41) is 15.3. The SMILES string of the molecule is CC.CCCC(C)C.CCCC(C)C.c1cn(-c2ccc(-n3ccnn3)cc2)nn1. The Kier molecular flexibility index (Phi) is 15.9. The number of rotatable bonds is 6. The molecule has 0 amide bonds. The molecule has 0 unspecified atom stereocenters. The maximum absolute atomic E-state index is 3.91. The summed E-state index contributed by atoms with van der Waals surface area (Å²) in [6, 6.07) is 7.80. The van der Waals surface area contributed by atoms with Gasteiger partial charge >= 0.3 is 0 Å². The Morgan fingerprint density at radius 2 is 1.00 bits per heavy atom. The van der Waals surface area contributed by atoms with Gasteiger partial charge in [-0.05, 0) is 36.1 Å². The Morgan fingerprint density at radius 1 is 0.667 bits per heavy atom. The van der Waals surface area contributed by atoms with Crippen LogP contribution in [0.15, 0.2) is 49.1 Å². The van der Waals surface area contributed by atoms with Crippen LogP contribution < -0.4 is 0 Å². The maximum Gasteiger partial charge on any atom is 0.0697 e. The standard InChI is InChI=1S/C10H8N6.2C6H14.C2H6/c1-2-10(16-8-6-12-14-16)4-3-9(1)15-7-5-11-13-15;2*1-4-5-6(2)3;1-2/h1-8H;2*6H,4-5H2,1-3H3;1-2H3. The molecule has 0 bridgehead atoms. The van der Waals surface area contributed by atoms with E-state index in [0.717, 1.165) is 23.2 Å². The molecule has 168 valence electrons. The van der Waals surface area contributed by atoms with Crippen LogP contribution in [0.25, 0.3) is 11.4 Å². The molecule has 0 saturated carbocycles. The second-order valence-corrected chi connectivity index (χ2v) is 7.58. The molecule has 0 radical (unpaired) electrons. The molecule has 6 nitrogen and oxygen atoms in total. The Hall–Kier alpha value is -2.50. The van der Waals surface area contributed by atoms with Crippen LogP contribution in [0, 0.1) is 11.8 Å². The van der Waals surface area contributed by atoms with Crippen LogP contribution in [0.1, 0.15) is 81.1 Å². The summed E-state index contributed by atoms with van der Waals surface area (Å²) in [6.07, 6.45) is 12.3.